The molecule has 0 N–H and O–H groups in total. The number of benzene rings is 2. The largest absolute Gasteiger partial charge is 0.416 e. The minimum atomic E-state index is -4.78. The topological polar surface area (TPSA) is 40.6 Å². The molecule has 0 aliphatic heterocycles. The first-order valence-electron chi connectivity index (χ1n) is 7.63. The maximum Gasteiger partial charge on any atom is 0.416 e. The second-order valence-electron chi connectivity index (χ2n) is 5.86. The van der Waals surface area contributed by atoms with Crippen LogP contribution in [-0.2, 0) is 16.2 Å². The number of halogens is 4. The highest BCUT2D eigenvalue weighted by Crippen LogP contribution is 2.33. The summed E-state index contributed by atoms with van der Waals surface area (Å²) in [4.78, 5) is 0.712. The quantitative estimate of drug-likeness (QED) is 0.708. The summed E-state index contributed by atoms with van der Waals surface area (Å²) >= 11 is 0. The molecule has 0 amide bonds. The molecule has 0 spiro atoms. The molecule has 0 aliphatic rings. The number of hydrogen-bond acceptors (Lipinski definition) is 3. The molecule has 26 heavy (non-hydrogen) atoms. The molecule has 0 aromatic heterocycles. The number of nitrogens with zero attached hydrogens (tertiary/aromatic N) is 2. The molecule has 0 saturated carbocycles. The molecule has 0 atom stereocenters. The maximum atomic E-state index is 14.1. The Hall–Kier alpha value is -2.13. The number of anilines is 1. The molecule has 0 saturated heterocycles. The summed E-state index contributed by atoms with van der Waals surface area (Å²) in [6.45, 7) is 0.254. The predicted molar refractivity (Wildman–Crippen MR) is 90.9 cm³/mol. The van der Waals surface area contributed by atoms with E-state index in [1.807, 2.05) is 0 Å². The van der Waals surface area contributed by atoms with Gasteiger partial charge in [-0.3, -0.25) is 4.31 Å². The van der Waals surface area contributed by atoms with E-state index >= 15 is 0 Å². The first-order chi connectivity index (χ1) is 12.0. The van der Waals surface area contributed by atoms with Gasteiger partial charge in [0.15, 0.2) is 0 Å². The van der Waals surface area contributed by atoms with Gasteiger partial charge in [0.1, 0.15) is 10.7 Å². The maximum absolute atomic E-state index is 14.1. The van der Waals surface area contributed by atoms with Gasteiger partial charge >= 0.3 is 6.18 Å². The number of hydrogen-bond donors (Lipinski definition) is 0. The van der Waals surface area contributed by atoms with E-state index in [1.165, 1.54) is 12.1 Å². The van der Waals surface area contributed by atoms with Crippen LogP contribution >= 0.6 is 0 Å². The van der Waals surface area contributed by atoms with Crippen molar-refractivity contribution < 1.29 is 26.0 Å². The summed E-state index contributed by atoms with van der Waals surface area (Å²) in [5.41, 5.74) is -0.982. The molecule has 4 nitrogen and oxygen atoms in total. The number of alkyl halides is 3. The van der Waals surface area contributed by atoms with Crippen LogP contribution in [0.5, 0.6) is 0 Å². The van der Waals surface area contributed by atoms with Gasteiger partial charge in [-0.2, -0.15) is 13.2 Å². The predicted octanol–water partition coefficient (Wildman–Crippen LogP) is 3.60. The Balaban J connectivity index is 2.56. The van der Waals surface area contributed by atoms with Crippen LogP contribution < -0.4 is 4.31 Å². The van der Waals surface area contributed by atoms with Crippen molar-refractivity contribution in [2.24, 2.45) is 0 Å². The highest BCUT2D eigenvalue weighted by atomic mass is 32.2. The Morgan fingerprint density at radius 1 is 0.962 bits per heavy atom. The Morgan fingerprint density at radius 3 is 2.12 bits per heavy atom. The summed E-state index contributed by atoms with van der Waals surface area (Å²) in [5, 5.41) is 0. The van der Waals surface area contributed by atoms with Gasteiger partial charge in [-0.05, 0) is 44.4 Å². The highest BCUT2D eigenvalue weighted by molar-refractivity contribution is 7.92. The minimum absolute atomic E-state index is 0.0466. The normalized spacial score (nSPS) is 12.4. The van der Waals surface area contributed by atoms with E-state index in [2.05, 4.69) is 0 Å². The first kappa shape index (κ1) is 20.2. The lowest BCUT2D eigenvalue weighted by Gasteiger charge is -2.26. The highest BCUT2D eigenvalue weighted by Gasteiger charge is 2.35. The van der Waals surface area contributed by atoms with E-state index < -0.39 is 32.5 Å². The van der Waals surface area contributed by atoms with Crippen molar-refractivity contribution in [3.63, 3.8) is 0 Å². The van der Waals surface area contributed by atoms with Crippen LogP contribution in [-0.4, -0.2) is 40.5 Å². The fraction of sp³-hybridized carbons (Fsp3) is 0.294. The molecule has 0 fully saturated rings. The second-order valence-corrected chi connectivity index (χ2v) is 7.69. The van der Waals surface area contributed by atoms with Crippen LogP contribution in [0.25, 0.3) is 0 Å². The third-order valence-electron chi connectivity index (χ3n) is 3.62. The van der Waals surface area contributed by atoms with Gasteiger partial charge in [0.2, 0.25) is 0 Å². The van der Waals surface area contributed by atoms with Crippen molar-refractivity contribution in [2.45, 2.75) is 11.1 Å². The average molecular weight is 390 g/mol. The summed E-state index contributed by atoms with van der Waals surface area (Å²) < 4.78 is 79.7. The molecule has 0 unspecified atom stereocenters. The number of sulfonamides is 1. The van der Waals surface area contributed by atoms with Gasteiger partial charge in [-0.25, -0.2) is 12.8 Å². The van der Waals surface area contributed by atoms with E-state index in [9.17, 15) is 26.0 Å². The standard InChI is InChI=1S/C17H18F4N2O2S/c1-22(2)10-11-23(14-6-4-3-5-7-14)26(24,25)16-12-13(17(19,20)21)8-9-15(16)18/h3-9,12H,10-11H2,1-2H3. The van der Waals surface area contributed by atoms with Crippen LogP contribution in [0.2, 0.25) is 0 Å². The SMILES string of the molecule is CN(C)CCN(c1ccccc1)S(=O)(=O)c1cc(C(F)(F)F)ccc1F. The molecule has 2 rings (SSSR count). The molecule has 0 bridgehead atoms. The molecule has 2 aromatic rings. The van der Waals surface area contributed by atoms with Crippen LogP contribution in [0, 0.1) is 5.82 Å². The molecule has 9 heteroatoms. The molecule has 0 aliphatic carbocycles. The molecule has 142 valence electrons. The monoisotopic (exact) mass is 390 g/mol. The third kappa shape index (κ3) is 4.53. The Morgan fingerprint density at radius 2 is 1.58 bits per heavy atom. The Kier molecular flexibility index (Phi) is 5.92. The van der Waals surface area contributed by atoms with E-state index in [0.29, 0.717) is 24.7 Å². The van der Waals surface area contributed by atoms with Crippen molar-refractivity contribution in [1.29, 1.82) is 0 Å². The van der Waals surface area contributed by atoms with Crippen LogP contribution in [0.3, 0.4) is 0 Å². The van der Waals surface area contributed by atoms with Crippen LogP contribution in [0.15, 0.2) is 53.4 Å². The lowest BCUT2D eigenvalue weighted by molar-refractivity contribution is -0.137. The van der Waals surface area contributed by atoms with Crippen molar-refractivity contribution in [3.8, 4) is 0 Å². The minimum Gasteiger partial charge on any atom is -0.308 e. The number of likely N-dealkylation sites (N-methyl/N-ethyl adjacent to an activating group) is 1. The van der Waals surface area contributed by atoms with Crippen LogP contribution in [0.4, 0.5) is 23.2 Å². The van der Waals surface area contributed by atoms with Gasteiger partial charge in [-0.15, -0.1) is 0 Å². The zero-order chi connectivity index (χ0) is 19.5. The van der Waals surface area contributed by atoms with E-state index in [1.54, 1.807) is 37.2 Å². The molecular formula is C17H18F4N2O2S. The molecule has 2 aromatic carbocycles. The zero-order valence-electron chi connectivity index (χ0n) is 14.2. The fourth-order valence-corrected chi connectivity index (χ4v) is 3.82. The second kappa shape index (κ2) is 7.63. The number of para-hydroxylation sites is 1. The summed E-state index contributed by atoms with van der Waals surface area (Å²) in [5.74, 6) is -1.23. The van der Waals surface area contributed by atoms with Crippen molar-refractivity contribution >= 4 is 15.7 Å². The summed E-state index contributed by atoms with van der Waals surface area (Å²) in [7, 11) is -1.09. The van der Waals surface area contributed by atoms with Gasteiger partial charge < -0.3 is 4.90 Å². The molecule has 0 radical (unpaired) electrons. The third-order valence-corrected chi connectivity index (χ3v) is 5.46. The van der Waals surface area contributed by atoms with E-state index in [-0.39, 0.29) is 12.2 Å². The zero-order valence-corrected chi connectivity index (χ0v) is 15.0. The van der Waals surface area contributed by atoms with Crippen molar-refractivity contribution in [3.05, 3.63) is 59.9 Å². The van der Waals surface area contributed by atoms with E-state index in [4.69, 9.17) is 0 Å². The first-order valence-corrected chi connectivity index (χ1v) is 9.07. The average Bonchev–Trinajstić information content (AvgIpc) is 2.54. The fourth-order valence-electron chi connectivity index (χ4n) is 2.27. The molecule has 0 heterocycles. The Labute approximate surface area is 149 Å². The number of rotatable bonds is 6. The van der Waals surface area contributed by atoms with Crippen LogP contribution in [0.1, 0.15) is 5.56 Å². The Bertz CT molecular complexity index is 853. The van der Waals surface area contributed by atoms with Gasteiger partial charge in [0.25, 0.3) is 10.0 Å². The van der Waals surface area contributed by atoms with Crippen molar-refractivity contribution in [1.82, 2.24) is 4.90 Å². The van der Waals surface area contributed by atoms with Gasteiger partial charge in [0.05, 0.1) is 11.3 Å². The summed E-state index contributed by atoms with van der Waals surface area (Å²) in [6, 6.07) is 9.22. The lowest BCUT2D eigenvalue weighted by Crippen LogP contribution is -2.37. The van der Waals surface area contributed by atoms with Crippen molar-refractivity contribution in [2.75, 3.05) is 31.5 Å². The van der Waals surface area contributed by atoms with E-state index in [0.717, 1.165) is 4.31 Å². The summed E-state index contributed by atoms with van der Waals surface area (Å²) in [6.07, 6.45) is -4.78. The molecular weight excluding hydrogens is 372 g/mol. The lowest BCUT2D eigenvalue weighted by atomic mass is 10.2. The smallest absolute Gasteiger partial charge is 0.308 e. The van der Waals surface area contributed by atoms with Gasteiger partial charge in [0, 0.05) is 13.1 Å². The van der Waals surface area contributed by atoms with Gasteiger partial charge in [-0.1, -0.05) is 18.2 Å².